The number of ether oxygens (including phenoxy) is 1. The second-order valence-corrected chi connectivity index (χ2v) is 6.19. The Morgan fingerprint density at radius 1 is 1.09 bits per heavy atom. The van der Waals surface area contributed by atoms with Gasteiger partial charge in [0.2, 0.25) is 0 Å². The van der Waals surface area contributed by atoms with Crippen molar-refractivity contribution in [2.24, 2.45) is 0 Å². The zero-order valence-corrected chi connectivity index (χ0v) is 12.7. The molecule has 0 bridgehead atoms. The zero-order chi connectivity index (χ0) is 15.9. The lowest BCUT2D eigenvalue weighted by Gasteiger charge is -2.01. The van der Waals surface area contributed by atoms with E-state index in [4.69, 9.17) is 9.29 Å². The summed E-state index contributed by atoms with van der Waals surface area (Å²) in [4.78, 5) is 1.22. The van der Waals surface area contributed by atoms with Crippen molar-refractivity contribution in [3.05, 3.63) is 42.0 Å². The summed E-state index contributed by atoms with van der Waals surface area (Å²) in [5.74, 6) is 0.723. The molecule has 7 nitrogen and oxygen atoms in total. The topological polar surface area (TPSA) is 94.3 Å². The molecule has 0 spiro atoms. The Morgan fingerprint density at radius 3 is 2.23 bits per heavy atom. The summed E-state index contributed by atoms with van der Waals surface area (Å²) in [5.41, 5.74) is 2.91. The molecule has 1 heterocycles. The van der Waals surface area contributed by atoms with Crippen LogP contribution < -0.4 is 4.74 Å². The number of hydrogen-bond acceptors (Lipinski definition) is 5. The first-order chi connectivity index (χ1) is 10.4. The van der Waals surface area contributed by atoms with E-state index in [-0.39, 0.29) is 4.90 Å². The van der Waals surface area contributed by atoms with Crippen molar-refractivity contribution in [2.75, 3.05) is 7.11 Å². The predicted molar refractivity (Wildman–Crippen MR) is 80.0 cm³/mol. The molecule has 0 aliphatic heterocycles. The number of hydrogen-bond donors (Lipinski definition) is 1. The van der Waals surface area contributed by atoms with Crippen molar-refractivity contribution >= 4 is 21.2 Å². The van der Waals surface area contributed by atoms with E-state index in [9.17, 15) is 8.42 Å². The number of nitrogens with zero attached hydrogens (tertiary/aromatic N) is 3. The van der Waals surface area contributed by atoms with Gasteiger partial charge in [0, 0.05) is 6.07 Å². The Morgan fingerprint density at radius 2 is 1.68 bits per heavy atom. The van der Waals surface area contributed by atoms with E-state index in [0.717, 1.165) is 11.3 Å². The van der Waals surface area contributed by atoms with Crippen LogP contribution in [0.4, 0.5) is 0 Å². The monoisotopic (exact) mass is 319 g/mol. The lowest BCUT2D eigenvalue weighted by atomic mass is 10.2. The molecule has 0 unspecified atom stereocenters. The fraction of sp³-hybridized carbons (Fsp3) is 0.143. The van der Waals surface area contributed by atoms with Crippen LogP contribution >= 0.6 is 0 Å². The molecule has 0 amide bonds. The lowest BCUT2D eigenvalue weighted by molar-refractivity contribution is 0.412. The average Bonchev–Trinajstić information content (AvgIpc) is 2.88. The van der Waals surface area contributed by atoms with Crippen LogP contribution in [0.3, 0.4) is 0 Å². The van der Waals surface area contributed by atoms with Gasteiger partial charge in [-0.15, -0.1) is 10.2 Å². The Kier molecular flexibility index (Phi) is 3.34. The molecular weight excluding hydrogens is 306 g/mol. The lowest BCUT2D eigenvalue weighted by Crippen LogP contribution is -2.01. The third-order valence-corrected chi connectivity index (χ3v) is 4.13. The first-order valence-corrected chi connectivity index (χ1v) is 7.82. The second kappa shape index (κ2) is 5.08. The third kappa shape index (κ3) is 2.53. The van der Waals surface area contributed by atoms with E-state index in [2.05, 4.69) is 10.2 Å². The highest BCUT2D eigenvalue weighted by Crippen LogP contribution is 2.23. The minimum atomic E-state index is -4.21. The van der Waals surface area contributed by atoms with E-state index in [0.29, 0.717) is 16.7 Å². The van der Waals surface area contributed by atoms with Crippen LogP contribution in [-0.2, 0) is 10.1 Å². The maximum Gasteiger partial charge on any atom is 0.294 e. The Bertz CT molecular complexity index is 946. The van der Waals surface area contributed by atoms with Crippen LogP contribution in [0.2, 0.25) is 0 Å². The third-order valence-electron chi connectivity index (χ3n) is 3.26. The van der Waals surface area contributed by atoms with Crippen LogP contribution in [-0.4, -0.2) is 35.1 Å². The molecule has 22 heavy (non-hydrogen) atoms. The van der Waals surface area contributed by atoms with E-state index >= 15 is 0 Å². The fourth-order valence-corrected chi connectivity index (χ4v) is 2.62. The summed E-state index contributed by atoms with van der Waals surface area (Å²) in [6, 6.07) is 9.29. The molecule has 0 fully saturated rings. The van der Waals surface area contributed by atoms with Gasteiger partial charge in [0.1, 0.15) is 16.8 Å². The molecule has 3 aromatic rings. The van der Waals surface area contributed by atoms with Gasteiger partial charge < -0.3 is 4.74 Å². The molecule has 0 atom stereocenters. The van der Waals surface area contributed by atoms with Crippen molar-refractivity contribution in [2.45, 2.75) is 11.8 Å². The summed E-state index contributed by atoms with van der Waals surface area (Å²) < 4.78 is 36.3. The van der Waals surface area contributed by atoms with Crippen LogP contribution in [0.15, 0.2) is 41.3 Å². The first kappa shape index (κ1) is 14.5. The van der Waals surface area contributed by atoms with Gasteiger partial charge in [-0.2, -0.15) is 13.2 Å². The summed E-state index contributed by atoms with van der Waals surface area (Å²) in [6.07, 6.45) is 0. The van der Waals surface area contributed by atoms with Gasteiger partial charge in [-0.25, -0.2) is 0 Å². The molecule has 114 valence electrons. The van der Waals surface area contributed by atoms with E-state index < -0.39 is 10.1 Å². The minimum Gasteiger partial charge on any atom is -0.496 e. The summed E-state index contributed by atoms with van der Waals surface area (Å²) in [6.45, 7) is 1.91. The van der Waals surface area contributed by atoms with E-state index in [1.165, 1.54) is 29.1 Å². The molecule has 2 aromatic carbocycles. The molecule has 1 aromatic heterocycles. The molecule has 0 aliphatic carbocycles. The van der Waals surface area contributed by atoms with E-state index in [1.54, 1.807) is 13.2 Å². The maximum absolute atomic E-state index is 11.0. The number of aromatic nitrogens is 3. The molecular formula is C14H13N3O4S. The average molecular weight is 319 g/mol. The maximum atomic E-state index is 11.0. The van der Waals surface area contributed by atoms with Crippen molar-refractivity contribution in [3.8, 4) is 11.4 Å². The molecule has 0 saturated carbocycles. The molecule has 0 saturated heterocycles. The summed E-state index contributed by atoms with van der Waals surface area (Å²) >= 11 is 0. The van der Waals surface area contributed by atoms with Crippen molar-refractivity contribution in [1.29, 1.82) is 0 Å². The fourth-order valence-electron chi connectivity index (χ4n) is 2.14. The van der Waals surface area contributed by atoms with Crippen molar-refractivity contribution in [1.82, 2.24) is 15.0 Å². The SMILES string of the molecule is COc1cc2nn(-c3ccc(S(=O)(=O)O)cc3)nc2cc1C. The minimum absolute atomic E-state index is 0.175. The molecule has 1 N–H and O–H groups in total. The summed E-state index contributed by atoms with van der Waals surface area (Å²) in [5, 5.41) is 8.69. The normalized spacial score (nSPS) is 11.8. The number of rotatable bonds is 3. The quantitative estimate of drug-likeness (QED) is 0.742. The van der Waals surface area contributed by atoms with Gasteiger partial charge in [-0.1, -0.05) is 0 Å². The summed E-state index contributed by atoms with van der Waals surface area (Å²) in [7, 11) is -2.62. The van der Waals surface area contributed by atoms with Crippen LogP contribution in [0.5, 0.6) is 5.75 Å². The van der Waals surface area contributed by atoms with Gasteiger partial charge in [-0.3, -0.25) is 4.55 Å². The molecule has 0 radical (unpaired) electrons. The Hall–Kier alpha value is -2.45. The van der Waals surface area contributed by atoms with Gasteiger partial charge in [-0.05, 0) is 42.8 Å². The standard InChI is InChI=1S/C14H13N3O4S/c1-9-7-12-13(8-14(9)21-2)16-17(15-12)10-3-5-11(6-4-10)22(18,19)20/h3-8H,1-2H3,(H,18,19,20). The number of aryl methyl sites for hydroxylation is 1. The number of methoxy groups -OCH3 is 1. The van der Waals surface area contributed by atoms with Crippen LogP contribution in [0.25, 0.3) is 16.7 Å². The smallest absolute Gasteiger partial charge is 0.294 e. The molecule has 8 heteroatoms. The highest BCUT2D eigenvalue weighted by molar-refractivity contribution is 7.85. The number of fused-ring (bicyclic) bond motifs is 1. The second-order valence-electron chi connectivity index (χ2n) is 4.77. The van der Waals surface area contributed by atoms with Gasteiger partial charge in [0.25, 0.3) is 10.1 Å². The van der Waals surface area contributed by atoms with E-state index in [1.807, 2.05) is 13.0 Å². The van der Waals surface area contributed by atoms with Gasteiger partial charge in [0.05, 0.1) is 17.7 Å². The largest absolute Gasteiger partial charge is 0.496 e. The van der Waals surface area contributed by atoms with Crippen LogP contribution in [0.1, 0.15) is 5.56 Å². The Labute approximate surface area is 126 Å². The van der Waals surface area contributed by atoms with Gasteiger partial charge >= 0.3 is 0 Å². The highest BCUT2D eigenvalue weighted by Gasteiger charge is 2.11. The number of benzene rings is 2. The predicted octanol–water partition coefficient (Wildman–Crippen LogP) is 1.98. The first-order valence-electron chi connectivity index (χ1n) is 6.38. The van der Waals surface area contributed by atoms with Crippen LogP contribution in [0, 0.1) is 6.92 Å². The highest BCUT2D eigenvalue weighted by atomic mass is 32.2. The Balaban J connectivity index is 2.07. The van der Waals surface area contributed by atoms with Crippen molar-refractivity contribution < 1.29 is 17.7 Å². The molecule has 3 rings (SSSR count). The molecule has 0 aliphatic rings. The zero-order valence-electron chi connectivity index (χ0n) is 11.9. The van der Waals surface area contributed by atoms with Crippen molar-refractivity contribution in [3.63, 3.8) is 0 Å². The van der Waals surface area contributed by atoms with Gasteiger partial charge in [0.15, 0.2) is 0 Å².